The second-order valence-electron chi connectivity index (χ2n) is 5.87. The van der Waals surface area contributed by atoms with Gasteiger partial charge in [0.1, 0.15) is 5.75 Å². The van der Waals surface area contributed by atoms with Gasteiger partial charge in [-0.15, -0.1) is 0 Å². The molecule has 0 aliphatic carbocycles. The second-order valence-corrected chi connectivity index (χ2v) is 7.87. The molecule has 3 nitrogen and oxygen atoms in total. The Hall–Kier alpha value is -2.63. The summed E-state index contributed by atoms with van der Waals surface area (Å²) in [7, 11) is 0. The van der Waals surface area contributed by atoms with Gasteiger partial charge in [0.05, 0.1) is 10.5 Å². The summed E-state index contributed by atoms with van der Waals surface area (Å²) in [6, 6.07) is 21.7. The first-order valence-corrected chi connectivity index (χ1v) is 9.83. The molecular formula is C22H13BrO3S. The lowest BCUT2D eigenvalue weighted by atomic mass is 10.1. The van der Waals surface area contributed by atoms with Gasteiger partial charge in [-0.3, -0.25) is 4.79 Å². The Kier molecular flexibility index (Phi) is 4.97. The number of allylic oxidation sites excluding steroid dienone is 1. The highest BCUT2D eigenvalue weighted by molar-refractivity contribution is 9.10. The number of carbonyl (C=O) groups excluding carboxylic acids is 2. The molecule has 0 unspecified atom stereocenters. The minimum absolute atomic E-state index is 0.0104. The third kappa shape index (κ3) is 3.75. The number of hydrogen-bond donors (Lipinski definition) is 0. The summed E-state index contributed by atoms with van der Waals surface area (Å²) < 4.78 is 6.39. The lowest BCUT2D eigenvalue weighted by molar-refractivity contribution is 0.0734. The highest BCUT2D eigenvalue weighted by atomic mass is 79.9. The molecule has 3 aromatic carbocycles. The van der Waals surface area contributed by atoms with Crippen molar-refractivity contribution < 1.29 is 14.3 Å². The molecule has 0 atom stereocenters. The number of para-hydroxylation sites is 1. The number of thioether (sulfide) groups is 1. The van der Waals surface area contributed by atoms with Crippen LogP contribution in [0.15, 0.2) is 87.1 Å². The van der Waals surface area contributed by atoms with E-state index in [-0.39, 0.29) is 5.78 Å². The zero-order chi connectivity index (χ0) is 18.8. The van der Waals surface area contributed by atoms with Gasteiger partial charge in [0, 0.05) is 20.5 Å². The van der Waals surface area contributed by atoms with Crippen molar-refractivity contribution in [3.05, 3.63) is 98.9 Å². The monoisotopic (exact) mass is 436 g/mol. The first-order chi connectivity index (χ1) is 13.1. The fourth-order valence-electron chi connectivity index (χ4n) is 2.74. The van der Waals surface area contributed by atoms with Crippen LogP contribution in [0.1, 0.15) is 26.3 Å². The quantitative estimate of drug-likeness (QED) is 0.287. The highest BCUT2D eigenvalue weighted by Crippen LogP contribution is 2.41. The van der Waals surface area contributed by atoms with Gasteiger partial charge in [-0.25, -0.2) is 4.79 Å². The maximum absolute atomic E-state index is 12.6. The average molecular weight is 437 g/mol. The number of halogens is 1. The normalized spacial score (nSPS) is 14.3. The molecule has 3 aromatic rings. The SMILES string of the molecule is O=C(Oc1ccccc1/C=C1\Sc2ccccc2C1=O)c1cccc(Br)c1. The molecule has 0 radical (unpaired) electrons. The van der Waals surface area contributed by atoms with Crippen molar-refractivity contribution in [2.24, 2.45) is 0 Å². The Morgan fingerprint density at radius 2 is 1.74 bits per heavy atom. The molecule has 0 amide bonds. The van der Waals surface area contributed by atoms with Crippen molar-refractivity contribution in [1.82, 2.24) is 0 Å². The molecule has 0 bridgehead atoms. The van der Waals surface area contributed by atoms with E-state index >= 15 is 0 Å². The number of esters is 1. The molecule has 1 aliphatic rings. The molecular weight excluding hydrogens is 424 g/mol. The number of hydrogen-bond acceptors (Lipinski definition) is 4. The van der Waals surface area contributed by atoms with Crippen LogP contribution in [0.3, 0.4) is 0 Å². The van der Waals surface area contributed by atoms with Crippen molar-refractivity contribution in [2.75, 3.05) is 0 Å². The van der Waals surface area contributed by atoms with Gasteiger partial charge in [-0.2, -0.15) is 0 Å². The van der Waals surface area contributed by atoms with Gasteiger partial charge in [0.2, 0.25) is 5.78 Å². The molecule has 0 fully saturated rings. The zero-order valence-electron chi connectivity index (χ0n) is 14.0. The van der Waals surface area contributed by atoms with E-state index in [0.29, 0.717) is 27.3 Å². The fourth-order valence-corrected chi connectivity index (χ4v) is 4.19. The van der Waals surface area contributed by atoms with E-state index < -0.39 is 5.97 Å². The lowest BCUT2D eigenvalue weighted by Gasteiger charge is -2.08. The Morgan fingerprint density at radius 3 is 2.56 bits per heavy atom. The van der Waals surface area contributed by atoms with Crippen molar-refractivity contribution in [2.45, 2.75) is 4.90 Å². The topological polar surface area (TPSA) is 43.4 Å². The largest absolute Gasteiger partial charge is 0.422 e. The summed E-state index contributed by atoms with van der Waals surface area (Å²) in [6.07, 6.45) is 1.77. The number of fused-ring (bicyclic) bond motifs is 1. The molecule has 0 saturated heterocycles. The summed E-state index contributed by atoms with van der Waals surface area (Å²) in [6.45, 7) is 0. The molecule has 132 valence electrons. The molecule has 1 aliphatic heterocycles. The smallest absolute Gasteiger partial charge is 0.343 e. The third-order valence-electron chi connectivity index (χ3n) is 4.04. The maximum Gasteiger partial charge on any atom is 0.343 e. The number of rotatable bonds is 3. The average Bonchev–Trinajstić information content (AvgIpc) is 2.99. The number of ketones is 1. The van der Waals surface area contributed by atoms with Crippen molar-refractivity contribution in [1.29, 1.82) is 0 Å². The molecule has 0 saturated carbocycles. The van der Waals surface area contributed by atoms with Crippen LogP contribution in [-0.2, 0) is 0 Å². The summed E-state index contributed by atoms with van der Waals surface area (Å²) >= 11 is 4.78. The van der Waals surface area contributed by atoms with E-state index in [1.807, 2.05) is 42.5 Å². The van der Waals surface area contributed by atoms with Gasteiger partial charge in [0.15, 0.2) is 0 Å². The molecule has 0 spiro atoms. The second kappa shape index (κ2) is 7.55. The highest BCUT2D eigenvalue weighted by Gasteiger charge is 2.25. The Labute approximate surface area is 169 Å². The molecule has 5 heteroatoms. The number of ether oxygens (including phenoxy) is 1. The Morgan fingerprint density at radius 1 is 0.963 bits per heavy atom. The van der Waals surface area contributed by atoms with E-state index in [9.17, 15) is 9.59 Å². The first kappa shape index (κ1) is 17.8. The minimum Gasteiger partial charge on any atom is -0.422 e. The van der Waals surface area contributed by atoms with Gasteiger partial charge in [-0.05, 0) is 42.5 Å². The van der Waals surface area contributed by atoms with Crippen LogP contribution in [0, 0.1) is 0 Å². The van der Waals surface area contributed by atoms with Crippen molar-refractivity contribution >= 4 is 45.5 Å². The maximum atomic E-state index is 12.6. The Balaban J connectivity index is 1.63. The minimum atomic E-state index is -0.448. The van der Waals surface area contributed by atoms with Crippen molar-refractivity contribution in [3.63, 3.8) is 0 Å². The third-order valence-corrected chi connectivity index (χ3v) is 5.64. The van der Waals surface area contributed by atoms with E-state index in [1.165, 1.54) is 11.8 Å². The predicted molar refractivity (Wildman–Crippen MR) is 110 cm³/mol. The summed E-state index contributed by atoms with van der Waals surface area (Å²) in [4.78, 5) is 26.6. The van der Waals surface area contributed by atoms with Gasteiger partial charge < -0.3 is 4.74 Å². The molecule has 27 heavy (non-hydrogen) atoms. The van der Waals surface area contributed by atoms with Gasteiger partial charge in [0.25, 0.3) is 0 Å². The van der Waals surface area contributed by atoms with Crippen LogP contribution in [0.2, 0.25) is 0 Å². The molecule has 0 N–H and O–H groups in total. The van der Waals surface area contributed by atoms with E-state index in [2.05, 4.69) is 15.9 Å². The Bertz CT molecular complexity index is 1090. The van der Waals surface area contributed by atoms with Crippen LogP contribution in [0.5, 0.6) is 5.75 Å². The van der Waals surface area contributed by atoms with Crippen LogP contribution < -0.4 is 4.74 Å². The van der Waals surface area contributed by atoms with Gasteiger partial charge >= 0.3 is 5.97 Å². The molecule has 0 aromatic heterocycles. The van der Waals surface area contributed by atoms with Crippen LogP contribution in [-0.4, -0.2) is 11.8 Å². The molecule has 4 rings (SSSR count). The predicted octanol–water partition coefficient (Wildman–Crippen LogP) is 6.00. The number of benzene rings is 3. The zero-order valence-corrected chi connectivity index (χ0v) is 16.4. The standard InChI is InChI=1S/C22H13BrO3S/c23-16-8-5-7-15(12-16)22(25)26-18-10-3-1-6-14(18)13-20-21(24)17-9-2-4-11-19(17)27-20/h1-13H/b20-13-. The van der Waals surface area contributed by atoms with Gasteiger partial charge in [-0.1, -0.05) is 64.1 Å². The van der Waals surface area contributed by atoms with Crippen LogP contribution in [0.4, 0.5) is 0 Å². The van der Waals surface area contributed by atoms with E-state index in [1.54, 1.807) is 36.4 Å². The lowest BCUT2D eigenvalue weighted by Crippen LogP contribution is -2.09. The van der Waals surface area contributed by atoms with E-state index in [0.717, 1.165) is 9.37 Å². The first-order valence-electron chi connectivity index (χ1n) is 8.22. The summed E-state index contributed by atoms with van der Waals surface area (Å²) in [5.41, 5.74) is 1.84. The van der Waals surface area contributed by atoms with Crippen LogP contribution >= 0.6 is 27.7 Å². The van der Waals surface area contributed by atoms with Crippen molar-refractivity contribution in [3.8, 4) is 5.75 Å². The summed E-state index contributed by atoms with van der Waals surface area (Å²) in [5.74, 6) is -0.0427. The number of Topliss-reactive ketones (excluding diaryl/α,β-unsaturated/α-hetero) is 1. The van der Waals surface area contributed by atoms with Crippen LogP contribution in [0.25, 0.3) is 6.08 Å². The molecule has 1 heterocycles. The summed E-state index contributed by atoms with van der Waals surface area (Å²) in [5, 5.41) is 0. The number of carbonyl (C=O) groups is 2. The fraction of sp³-hybridized carbons (Fsp3) is 0. The van der Waals surface area contributed by atoms with E-state index in [4.69, 9.17) is 4.74 Å².